The number of rotatable bonds is 6. The molecule has 3 N–H and O–H groups in total. The van der Waals surface area contributed by atoms with Crippen molar-refractivity contribution in [3.8, 4) is 0 Å². The number of halogens is 2. The number of carbonyl (C=O) groups excluding carboxylic acids is 1. The molecule has 1 aromatic rings. The minimum absolute atomic E-state index is 0.0847. The van der Waals surface area contributed by atoms with E-state index in [1.165, 1.54) is 0 Å². The summed E-state index contributed by atoms with van der Waals surface area (Å²) in [6.07, 6.45) is 2.50. The maximum absolute atomic E-state index is 11.9. The van der Waals surface area contributed by atoms with Gasteiger partial charge in [0, 0.05) is 15.5 Å². The first-order valence-corrected chi connectivity index (χ1v) is 7.51. The van der Waals surface area contributed by atoms with Crippen molar-refractivity contribution in [2.24, 2.45) is 5.73 Å². The van der Waals surface area contributed by atoms with E-state index in [1.807, 2.05) is 12.1 Å². The largest absolute Gasteiger partial charge is 0.393 e. The van der Waals surface area contributed by atoms with Crippen molar-refractivity contribution in [1.82, 2.24) is 5.32 Å². The highest BCUT2D eigenvalue weighted by Crippen LogP contribution is 2.21. The highest BCUT2D eigenvalue weighted by molar-refractivity contribution is 9.11. The highest BCUT2D eigenvalue weighted by Gasteiger charge is 2.09. The standard InChI is InChI=1S/C12H14Br2N2OS/c13-8-4-5-10(14)9(7-8)12(17)16-6-2-1-3-11(15)18/h4-5,7H,1-3,6H2,(H2,15,18)(H,16,17). The number of hydrogen-bond donors (Lipinski definition) is 2. The van der Waals surface area contributed by atoms with Crippen molar-refractivity contribution in [1.29, 1.82) is 0 Å². The molecule has 0 aliphatic rings. The van der Waals surface area contributed by atoms with Gasteiger partial charge < -0.3 is 11.1 Å². The van der Waals surface area contributed by atoms with Crippen molar-refractivity contribution < 1.29 is 4.79 Å². The average molecular weight is 394 g/mol. The number of carbonyl (C=O) groups is 1. The maximum Gasteiger partial charge on any atom is 0.252 e. The molecule has 0 saturated heterocycles. The van der Waals surface area contributed by atoms with Gasteiger partial charge in [-0.05, 0) is 53.4 Å². The third kappa shape index (κ3) is 5.46. The van der Waals surface area contributed by atoms with Crippen LogP contribution in [-0.4, -0.2) is 17.4 Å². The van der Waals surface area contributed by atoms with E-state index >= 15 is 0 Å². The molecule has 0 spiro atoms. The van der Waals surface area contributed by atoms with E-state index in [0.29, 0.717) is 17.1 Å². The summed E-state index contributed by atoms with van der Waals surface area (Å²) in [6, 6.07) is 5.50. The third-order valence-corrected chi connectivity index (χ3v) is 3.70. The van der Waals surface area contributed by atoms with Crippen LogP contribution in [0, 0.1) is 0 Å². The van der Waals surface area contributed by atoms with Crippen molar-refractivity contribution in [3.05, 3.63) is 32.7 Å². The quantitative estimate of drug-likeness (QED) is 0.575. The molecule has 0 bridgehead atoms. The lowest BCUT2D eigenvalue weighted by atomic mass is 10.2. The minimum Gasteiger partial charge on any atom is -0.393 e. The molecule has 0 heterocycles. The van der Waals surface area contributed by atoms with Gasteiger partial charge in [0.25, 0.3) is 5.91 Å². The molecular weight excluding hydrogens is 380 g/mol. The normalized spacial score (nSPS) is 10.1. The van der Waals surface area contributed by atoms with Gasteiger partial charge in [0.05, 0.1) is 10.6 Å². The van der Waals surface area contributed by atoms with E-state index < -0.39 is 0 Å². The summed E-state index contributed by atoms with van der Waals surface area (Å²) in [5.74, 6) is -0.0847. The zero-order chi connectivity index (χ0) is 13.5. The molecule has 1 amide bonds. The van der Waals surface area contributed by atoms with Crippen molar-refractivity contribution in [2.75, 3.05) is 6.54 Å². The van der Waals surface area contributed by atoms with Gasteiger partial charge >= 0.3 is 0 Å². The Morgan fingerprint density at radius 3 is 2.72 bits per heavy atom. The number of unbranched alkanes of at least 4 members (excludes halogenated alkanes) is 1. The lowest BCUT2D eigenvalue weighted by molar-refractivity contribution is 0.0952. The van der Waals surface area contributed by atoms with Crippen LogP contribution in [0.4, 0.5) is 0 Å². The summed E-state index contributed by atoms with van der Waals surface area (Å²) in [7, 11) is 0. The molecule has 6 heteroatoms. The van der Waals surface area contributed by atoms with E-state index in [9.17, 15) is 4.79 Å². The number of nitrogens with two attached hydrogens (primary N) is 1. The summed E-state index contributed by atoms with van der Waals surface area (Å²) >= 11 is 11.5. The van der Waals surface area contributed by atoms with Crippen LogP contribution in [0.5, 0.6) is 0 Å². The molecule has 0 aliphatic heterocycles. The molecule has 0 radical (unpaired) electrons. The van der Waals surface area contributed by atoms with E-state index in [4.69, 9.17) is 18.0 Å². The van der Waals surface area contributed by atoms with Crippen molar-refractivity contribution >= 4 is 55.0 Å². The van der Waals surface area contributed by atoms with Crippen LogP contribution in [0.25, 0.3) is 0 Å². The fourth-order valence-corrected chi connectivity index (χ4v) is 2.32. The lowest BCUT2D eigenvalue weighted by Crippen LogP contribution is -2.25. The summed E-state index contributed by atoms with van der Waals surface area (Å²) in [5.41, 5.74) is 6.02. The summed E-state index contributed by atoms with van der Waals surface area (Å²) < 4.78 is 1.66. The van der Waals surface area contributed by atoms with Gasteiger partial charge in [-0.1, -0.05) is 28.1 Å². The molecule has 0 aromatic heterocycles. The third-order valence-electron chi connectivity index (χ3n) is 2.31. The van der Waals surface area contributed by atoms with Crippen molar-refractivity contribution in [2.45, 2.75) is 19.3 Å². The second-order valence-corrected chi connectivity index (χ2v) is 6.10. The first-order chi connectivity index (χ1) is 8.50. The predicted molar refractivity (Wildman–Crippen MR) is 84.8 cm³/mol. The van der Waals surface area contributed by atoms with Gasteiger partial charge in [0.1, 0.15) is 0 Å². The summed E-state index contributed by atoms with van der Waals surface area (Å²) in [5, 5.41) is 2.87. The van der Waals surface area contributed by atoms with Crippen LogP contribution in [0.2, 0.25) is 0 Å². The zero-order valence-electron chi connectivity index (χ0n) is 9.71. The van der Waals surface area contributed by atoms with Gasteiger partial charge in [0.2, 0.25) is 0 Å². The molecule has 0 atom stereocenters. The Bertz CT molecular complexity index is 452. The Labute approximate surface area is 129 Å². The van der Waals surface area contributed by atoms with E-state index in [0.717, 1.165) is 28.2 Å². The minimum atomic E-state index is -0.0847. The fraction of sp³-hybridized carbons (Fsp3) is 0.333. The second kappa shape index (κ2) is 7.86. The Morgan fingerprint density at radius 2 is 2.06 bits per heavy atom. The number of nitrogens with one attached hydrogen (secondary N) is 1. The molecule has 0 saturated carbocycles. The van der Waals surface area contributed by atoms with Gasteiger partial charge in [0.15, 0.2) is 0 Å². The fourth-order valence-electron chi connectivity index (χ4n) is 1.39. The van der Waals surface area contributed by atoms with Gasteiger partial charge in [-0.15, -0.1) is 0 Å². The highest BCUT2D eigenvalue weighted by atomic mass is 79.9. The van der Waals surface area contributed by atoms with Gasteiger partial charge in [-0.25, -0.2) is 0 Å². The van der Waals surface area contributed by atoms with E-state index in [2.05, 4.69) is 37.2 Å². The Hall–Kier alpha value is -0.460. The Balaban J connectivity index is 2.41. The van der Waals surface area contributed by atoms with Crippen molar-refractivity contribution in [3.63, 3.8) is 0 Å². The van der Waals surface area contributed by atoms with Crippen LogP contribution < -0.4 is 11.1 Å². The molecule has 0 aliphatic carbocycles. The smallest absolute Gasteiger partial charge is 0.252 e. The van der Waals surface area contributed by atoms with Crippen LogP contribution >= 0.6 is 44.1 Å². The Kier molecular flexibility index (Phi) is 6.81. The van der Waals surface area contributed by atoms with Crippen LogP contribution in [-0.2, 0) is 0 Å². The number of benzene rings is 1. The molecular formula is C12H14Br2N2OS. The maximum atomic E-state index is 11.9. The molecule has 1 aromatic carbocycles. The molecule has 0 fully saturated rings. The van der Waals surface area contributed by atoms with E-state index in [-0.39, 0.29) is 5.91 Å². The number of amides is 1. The Morgan fingerprint density at radius 1 is 1.33 bits per heavy atom. The zero-order valence-corrected chi connectivity index (χ0v) is 13.7. The molecule has 98 valence electrons. The summed E-state index contributed by atoms with van der Waals surface area (Å²) in [6.45, 7) is 0.625. The lowest BCUT2D eigenvalue weighted by Gasteiger charge is -2.07. The van der Waals surface area contributed by atoms with Crippen LogP contribution in [0.3, 0.4) is 0 Å². The second-order valence-electron chi connectivity index (χ2n) is 3.80. The van der Waals surface area contributed by atoms with Gasteiger partial charge in [-0.3, -0.25) is 4.79 Å². The molecule has 3 nitrogen and oxygen atoms in total. The average Bonchev–Trinajstić information content (AvgIpc) is 2.31. The molecule has 0 unspecified atom stereocenters. The molecule has 1 rings (SSSR count). The SMILES string of the molecule is NC(=S)CCCCNC(=O)c1cc(Br)ccc1Br. The number of hydrogen-bond acceptors (Lipinski definition) is 2. The first-order valence-electron chi connectivity index (χ1n) is 5.52. The monoisotopic (exact) mass is 392 g/mol. The summed E-state index contributed by atoms with van der Waals surface area (Å²) in [4.78, 5) is 12.4. The van der Waals surface area contributed by atoms with E-state index in [1.54, 1.807) is 6.07 Å². The van der Waals surface area contributed by atoms with Gasteiger partial charge in [-0.2, -0.15) is 0 Å². The van der Waals surface area contributed by atoms with Crippen LogP contribution in [0.15, 0.2) is 27.1 Å². The topological polar surface area (TPSA) is 55.1 Å². The first kappa shape index (κ1) is 15.6. The molecule has 18 heavy (non-hydrogen) atoms. The number of thiocarbonyl (C=S) groups is 1. The predicted octanol–water partition coefficient (Wildman–Crippen LogP) is 3.40. The van der Waals surface area contributed by atoms with Crippen LogP contribution in [0.1, 0.15) is 29.6 Å².